The Kier molecular flexibility index (Phi) is 4.22. The second-order valence-electron chi connectivity index (χ2n) is 4.46. The molecule has 2 rings (SSSR count). The molecule has 0 radical (unpaired) electrons. The summed E-state index contributed by atoms with van der Waals surface area (Å²) in [5, 5.41) is 18.2. The largest absolute Gasteiger partial charge is 0.508 e. The average molecular weight is 262 g/mol. The molecule has 6 heteroatoms. The van der Waals surface area contributed by atoms with Crippen LogP contribution in [-0.4, -0.2) is 42.6 Å². The molecule has 19 heavy (non-hydrogen) atoms. The third-order valence-corrected chi connectivity index (χ3v) is 2.74. The molecule has 102 valence electrons. The minimum atomic E-state index is -0.156. The minimum Gasteiger partial charge on any atom is -0.508 e. The standard InChI is InChI=1S/C13H18N4O2/c1-9-8-16-13(17-9)15-7-6-14-12(19)10-2-4-11(18)5-3-10/h2-5,9,18H,6-8H2,1H3,(H,14,19)(H2,15,16,17). The van der Waals surface area contributed by atoms with Crippen LogP contribution in [0, 0.1) is 0 Å². The van der Waals surface area contributed by atoms with E-state index in [0.29, 0.717) is 24.7 Å². The monoisotopic (exact) mass is 262 g/mol. The molecule has 0 spiro atoms. The number of carbonyl (C=O) groups excluding carboxylic acids is 1. The van der Waals surface area contributed by atoms with Crippen molar-refractivity contribution in [2.24, 2.45) is 4.99 Å². The van der Waals surface area contributed by atoms with E-state index in [0.717, 1.165) is 12.5 Å². The lowest BCUT2D eigenvalue weighted by atomic mass is 10.2. The molecule has 0 saturated heterocycles. The molecule has 4 N–H and O–H groups in total. The summed E-state index contributed by atoms with van der Waals surface area (Å²) in [6.45, 7) is 3.96. The van der Waals surface area contributed by atoms with Crippen molar-refractivity contribution >= 4 is 11.9 Å². The molecule has 0 fully saturated rings. The second kappa shape index (κ2) is 6.08. The van der Waals surface area contributed by atoms with E-state index < -0.39 is 0 Å². The third-order valence-electron chi connectivity index (χ3n) is 2.74. The SMILES string of the molecule is CC1CN=C(NCCNC(=O)c2ccc(O)cc2)N1. The van der Waals surface area contributed by atoms with E-state index in [2.05, 4.69) is 27.9 Å². The Balaban J connectivity index is 1.68. The van der Waals surface area contributed by atoms with Gasteiger partial charge in [-0.2, -0.15) is 0 Å². The lowest BCUT2D eigenvalue weighted by molar-refractivity contribution is 0.0954. The molecule has 1 unspecified atom stereocenters. The highest BCUT2D eigenvalue weighted by molar-refractivity contribution is 5.94. The Labute approximate surface area is 111 Å². The van der Waals surface area contributed by atoms with E-state index >= 15 is 0 Å². The van der Waals surface area contributed by atoms with E-state index in [9.17, 15) is 4.79 Å². The van der Waals surface area contributed by atoms with Crippen LogP contribution in [0.15, 0.2) is 29.3 Å². The predicted molar refractivity (Wildman–Crippen MR) is 73.3 cm³/mol. The van der Waals surface area contributed by atoms with Gasteiger partial charge in [0, 0.05) is 24.7 Å². The summed E-state index contributed by atoms with van der Waals surface area (Å²) in [5.41, 5.74) is 0.530. The minimum absolute atomic E-state index is 0.151. The fraction of sp³-hybridized carbons (Fsp3) is 0.385. The molecule has 1 aliphatic heterocycles. The van der Waals surface area contributed by atoms with Crippen LogP contribution < -0.4 is 16.0 Å². The number of amides is 1. The van der Waals surface area contributed by atoms with Crippen LogP contribution in [0.3, 0.4) is 0 Å². The highest BCUT2D eigenvalue weighted by atomic mass is 16.3. The summed E-state index contributed by atoms with van der Waals surface area (Å²) in [6, 6.07) is 6.52. The fourth-order valence-electron chi connectivity index (χ4n) is 1.73. The lowest BCUT2D eigenvalue weighted by Gasteiger charge is -2.09. The smallest absolute Gasteiger partial charge is 0.251 e. The summed E-state index contributed by atoms with van der Waals surface area (Å²) in [4.78, 5) is 16.0. The first-order valence-electron chi connectivity index (χ1n) is 6.27. The summed E-state index contributed by atoms with van der Waals surface area (Å²) in [7, 11) is 0. The number of phenols is 1. The summed E-state index contributed by atoms with van der Waals surface area (Å²) < 4.78 is 0. The maximum absolute atomic E-state index is 11.7. The van der Waals surface area contributed by atoms with Crippen LogP contribution in [0.5, 0.6) is 5.75 Å². The summed E-state index contributed by atoms with van der Waals surface area (Å²) >= 11 is 0. The molecule has 6 nitrogen and oxygen atoms in total. The average Bonchev–Trinajstić information content (AvgIpc) is 2.81. The number of phenolic OH excluding ortho intramolecular Hbond substituents is 1. The maximum Gasteiger partial charge on any atom is 0.251 e. The molecular formula is C13H18N4O2. The van der Waals surface area contributed by atoms with Crippen molar-refractivity contribution in [2.45, 2.75) is 13.0 Å². The van der Waals surface area contributed by atoms with Gasteiger partial charge in [-0.15, -0.1) is 0 Å². The first kappa shape index (κ1) is 13.2. The number of rotatable bonds is 4. The van der Waals surface area contributed by atoms with Crippen molar-refractivity contribution < 1.29 is 9.90 Å². The number of benzene rings is 1. The number of nitrogens with one attached hydrogen (secondary N) is 3. The Bertz CT molecular complexity index is 470. The van der Waals surface area contributed by atoms with Crippen molar-refractivity contribution in [1.29, 1.82) is 0 Å². The fourth-order valence-corrected chi connectivity index (χ4v) is 1.73. The first-order chi connectivity index (χ1) is 9.15. The summed E-state index contributed by atoms with van der Waals surface area (Å²) in [6.07, 6.45) is 0. The van der Waals surface area contributed by atoms with E-state index in [1.807, 2.05) is 0 Å². The van der Waals surface area contributed by atoms with Crippen LogP contribution >= 0.6 is 0 Å². The third kappa shape index (κ3) is 3.87. The zero-order valence-electron chi connectivity index (χ0n) is 10.8. The number of aromatic hydroxyl groups is 1. The van der Waals surface area contributed by atoms with Crippen LogP contribution in [0.25, 0.3) is 0 Å². The van der Waals surface area contributed by atoms with Crippen LogP contribution in [-0.2, 0) is 0 Å². The zero-order valence-corrected chi connectivity index (χ0v) is 10.8. The van der Waals surface area contributed by atoms with Gasteiger partial charge in [-0.05, 0) is 31.2 Å². The van der Waals surface area contributed by atoms with Crippen molar-refractivity contribution in [1.82, 2.24) is 16.0 Å². The van der Waals surface area contributed by atoms with Gasteiger partial charge in [0.05, 0.1) is 6.54 Å². The van der Waals surface area contributed by atoms with Gasteiger partial charge in [-0.3, -0.25) is 9.79 Å². The highest BCUT2D eigenvalue weighted by Crippen LogP contribution is 2.09. The van der Waals surface area contributed by atoms with Crippen LogP contribution in [0.1, 0.15) is 17.3 Å². The Morgan fingerprint density at radius 2 is 2.16 bits per heavy atom. The van der Waals surface area contributed by atoms with Gasteiger partial charge in [-0.1, -0.05) is 0 Å². The Hall–Kier alpha value is -2.24. The topological polar surface area (TPSA) is 85.8 Å². The number of hydrogen-bond acceptors (Lipinski definition) is 5. The van der Waals surface area contributed by atoms with Gasteiger partial charge in [0.1, 0.15) is 5.75 Å². The van der Waals surface area contributed by atoms with Gasteiger partial charge in [0.2, 0.25) is 0 Å². The van der Waals surface area contributed by atoms with E-state index in [-0.39, 0.29) is 11.7 Å². The van der Waals surface area contributed by atoms with E-state index in [4.69, 9.17) is 5.11 Å². The van der Waals surface area contributed by atoms with Gasteiger partial charge >= 0.3 is 0 Å². The number of carbonyl (C=O) groups is 1. The number of guanidine groups is 1. The number of nitrogens with zero attached hydrogens (tertiary/aromatic N) is 1. The predicted octanol–water partition coefficient (Wildman–Crippen LogP) is 0.0593. The van der Waals surface area contributed by atoms with Gasteiger partial charge in [0.15, 0.2) is 5.96 Å². The van der Waals surface area contributed by atoms with Crippen molar-refractivity contribution in [3.63, 3.8) is 0 Å². The van der Waals surface area contributed by atoms with Gasteiger partial charge < -0.3 is 21.1 Å². The van der Waals surface area contributed by atoms with Crippen LogP contribution in [0.2, 0.25) is 0 Å². The molecule has 0 aliphatic carbocycles. The quantitative estimate of drug-likeness (QED) is 0.578. The molecule has 1 atom stereocenters. The first-order valence-corrected chi connectivity index (χ1v) is 6.27. The Morgan fingerprint density at radius 1 is 1.42 bits per heavy atom. The Morgan fingerprint density at radius 3 is 2.79 bits per heavy atom. The van der Waals surface area contributed by atoms with Crippen molar-refractivity contribution in [2.75, 3.05) is 19.6 Å². The number of aliphatic imine (C=N–C) groups is 1. The molecule has 0 bridgehead atoms. The lowest BCUT2D eigenvalue weighted by Crippen LogP contribution is -2.41. The highest BCUT2D eigenvalue weighted by Gasteiger charge is 2.11. The molecule has 1 aromatic carbocycles. The molecular weight excluding hydrogens is 244 g/mol. The molecule has 0 saturated carbocycles. The van der Waals surface area contributed by atoms with E-state index in [1.165, 1.54) is 12.1 Å². The van der Waals surface area contributed by atoms with Crippen LogP contribution in [0.4, 0.5) is 0 Å². The zero-order chi connectivity index (χ0) is 13.7. The van der Waals surface area contributed by atoms with E-state index in [1.54, 1.807) is 12.1 Å². The molecule has 0 aromatic heterocycles. The maximum atomic E-state index is 11.7. The van der Waals surface area contributed by atoms with Gasteiger partial charge in [0.25, 0.3) is 5.91 Å². The number of hydrogen-bond donors (Lipinski definition) is 4. The van der Waals surface area contributed by atoms with Crippen molar-refractivity contribution in [3.05, 3.63) is 29.8 Å². The summed E-state index contributed by atoms with van der Waals surface area (Å²) in [5.74, 6) is 0.778. The normalized spacial score (nSPS) is 17.5. The van der Waals surface area contributed by atoms with Crippen molar-refractivity contribution in [3.8, 4) is 5.75 Å². The second-order valence-corrected chi connectivity index (χ2v) is 4.46. The molecule has 1 aromatic rings. The molecule has 1 amide bonds. The molecule has 1 heterocycles. The molecule has 1 aliphatic rings. The van der Waals surface area contributed by atoms with Gasteiger partial charge in [-0.25, -0.2) is 0 Å².